The van der Waals surface area contributed by atoms with Crippen LogP contribution in [0.3, 0.4) is 0 Å². The molecule has 0 spiro atoms. The molecule has 0 unspecified atom stereocenters. The van der Waals surface area contributed by atoms with Crippen LogP contribution in [0.25, 0.3) is 10.8 Å². The van der Waals surface area contributed by atoms with Crippen LogP contribution < -0.4 is 10.3 Å². The van der Waals surface area contributed by atoms with Gasteiger partial charge in [-0.3, -0.25) is 4.79 Å². The second-order valence-corrected chi connectivity index (χ2v) is 4.44. The van der Waals surface area contributed by atoms with Gasteiger partial charge in [0.2, 0.25) is 0 Å². The van der Waals surface area contributed by atoms with Crippen molar-refractivity contribution in [3.63, 3.8) is 0 Å². The molecular weight excluding hydrogens is 287 g/mol. The summed E-state index contributed by atoms with van der Waals surface area (Å²) in [6.07, 6.45) is -2.82. The maximum atomic E-state index is 12.2. The van der Waals surface area contributed by atoms with E-state index < -0.39 is 12.8 Å². The fourth-order valence-corrected chi connectivity index (χ4v) is 1.91. The predicted molar refractivity (Wildman–Crippen MR) is 71.6 cm³/mol. The largest absolute Gasteiger partial charge is 0.497 e. The summed E-state index contributed by atoms with van der Waals surface area (Å²) < 4.78 is 46.7. The molecule has 1 aromatic heterocycles. The zero-order valence-electron chi connectivity index (χ0n) is 11.3. The molecule has 21 heavy (non-hydrogen) atoms. The highest BCUT2D eigenvalue weighted by Gasteiger charge is 2.27. The van der Waals surface area contributed by atoms with E-state index >= 15 is 0 Å². The van der Waals surface area contributed by atoms with E-state index in [1.54, 1.807) is 24.3 Å². The van der Waals surface area contributed by atoms with Crippen molar-refractivity contribution in [2.45, 2.75) is 12.7 Å². The van der Waals surface area contributed by atoms with Gasteiger partial charge in [0, 0.05) is 12.7 Å². The van der Waals surface area contributed by atoms with E-state index in [1.165, 1.54) is 17.9 Å². The first kappa shape index (κ1) is 15.4. The Labute approximate surface area is 118 Å². The van der Waals surface area contributed by atoms with E-state index in [1.807, 2.05) is 0 Å². The highest BCUT2D eigenvalue weighted by atomic mass is 19.4. The van der Waals surface area contributed by atoms with Gasteiger partial charge in [0.1, 0.15) is 12.4 Å². The van der Waals surface area contributed by atoms with Gasteiger partial charge in [0.15, 0.2) is 0 Å². The Morgan fingerprint density at radius 3 is 2.67 bits per heavy atom. The molecule has 0 aliphatic heterocycles. The summed E-state index contributed by atoms with van der Waals surface area (Å²) >= 11 is 0. The van der Waals surface area contributed by atoms with Gasteiger partial charge < -0.3 is 14.0 Å². The molecular formula is C14H14F3NO3. The molecule has 0 aliphatic carbocycles. The van der Waals surface area contributed by atoms with Crippen molar-refractivity contribution in [1.82, 2.24) is 4.57 Å². The molecule has 1 aromatic carbocycles. The summed E-state index contributed by atoms with van der Waals surface area (Å²) in [4.78, 5) is 12.2. The van der Waals surface area contributed by atoms with Gasteiger partial charge in [0.25, 0.3) is 5.56 Å². The highest BCUT2D eigenvalue weighted by Crippen LogP contribution is 2.17. The molecule has 0 atom stereocenters. The molecule has 0 aliphatic rings. The maximum Gasteiger partial charge on any atom is 0.411 e. The monoisotopic (exact) mass is 301 g/mol. The summed E-state index contributed by atoms with van der Waals surface area (Å²) in [5.74, 6) is 0.547. The van der Waals surface area contributed by atoms with Gasteiger partial charge in [-0.15, -0.1) is 0 Å². The second kappa shape index (κ2) is 6.17. The minimum atomic E-state index is -4.36. The van der Waals surface area contributed by atoms with E-state index in [0.29, 0.717) is 11.1 Å². The predicted octanol–water partition coefficient (Wildman–Crippen LogP) is 2.59. The molecule has 0 fully saturated rings. The van der Waals surface area contributed by atoms with Gasteiger partial charge in [-0.05, 0) is 23.6 Å². The third-order valence-electron chi connectivity index (χ3n) is 2.93. The lowest BCUT2D eigenvalue weighted by atomic mass is 10.1. The van der Waals surface area contributed by atoms with Gasteiger partial charge in [0.05, 0.1) is 19.1 Å². The molecule has 0 N–H and O–H groups in total. The van der Waals surface area contributed by atoms with Crippen LogP contribution in [0.15, 0.2) is 35.3 Å². The lowest BCUT2D eigenvalue weighted by Gasteiger charge is -2.10. The van der Waals surface area contributed by atoms with Crippen LogP contribution in [-0.2, 0) is 11.3 Å². The number of ether oxygens (including phenoxy) is 2. The first-order chi connectivity index (χ1) is 9.90. The van der Waals surface area contributed by atoms with Crippen molar-refractivity contribution < 1.29 is 22.6 Å². The van der Waals surface area contributed by atoms with Crippen molar-refractivity contribution in [2.24, 2.45) is 0 Å². The van der Waals surface area contributed by atoms with E-state index in [0.717, 1.165) is 5.39 Å². The minimum Gasteiger partial charge on any atom is -0.497 e. The number of benzene rings is 1. The second-order valence-electron chi connectivity index (χ2n) is 4.44. The molecule has 114 valence electrons. The van der Waals surface area contributed by atoms with Crippen molar-refractivity contribution >= 4 is 10.8 Å². The first-order valence-corrected chi connectivity index (χ1v) is 6.22. The number of fused-ring (bicyclic) bond motifs is 1. The number of pyridine rings is 1. The molecule has 0 bridgehead atoms. The summed E-state index contributed by atoms with van der Waals surface area (Å²) in [6.45, 7) is -1.44. The van der Waals surface area contributed by atoms with Gasteiger partial charge in [-0.25, -0.2) is 0 Å². The Kier molecular flexibility index (Phi) is 4.52. The number of hydrogen-bond donors (Lipinski definition) is 0. The fourth-order valence-electron chi connectivity index (χ4n) is 1.91. The number of methoxy groups -OCH3 is 1. The average Bonchev–Trinajstić information content (AvgIpc) is 2.44. The lowest BCUT2D eigenvalue weighted by Crippen LogP contribution is -2.24. The molecule has 1 heterocycles. The van der Waals surface area contributed by atoms with Crippen LogP contribution in [0.5, 0.6) is 5.75 Å². The summed E-state index contributed by atoms with van der Waals surface area (Å²) in [7, 11) is 1.49. The maximum absolute atomic E-state index is 12.2. The number of nitrogens with zero attached hydrogens (tertiary/aromatic N) is 1. The molecule has 0 amide bonds. The van der Waals surface area contributed by atoms with Crippen LogP contribution in [0.4, 0.5) is 13.2 Å². The minimum absolute atomic E-state index is 0.0576. The number of halogens is 3. The number of aromatic nitrogens is 1. The van der Waals surface area contributed by atoms with Crippen LogP contribution >= 0.6 is 0 Å². The van der Waals surface area contributed by atoms with Crippen molar-refractivity contribution in [2.75, 3.05) is 20.3 Å². The molecule has 0 radical (unpaired) electrons. The van der Waals surface area contributed by atoms with Crippen LogP contribution in [0, 0.1) is 0 Å². The first-order valence-electron chi connectivity index (χ1n) is 6.22. The van der Waals surface area contributed by atoms with E-state index in [4.69, 9.17) is 4.74 Å². The molecule has 2 aromatic rings. The Morgan fingerprint density at radius 1 is 1.24 bits per heavy atom. The Bertz CT molecular complexity index is 679. The quantitative estimate of drug-likeness (QED) is 0.797. The average molecular weight is 301 g/mol. The van der Waals surface area contributed by atoms with Gasteiger partial charge in [-0.2, -0.15) is 13.2 Å². The highest BCUT2D eigenvalue weighted by molar-refractivity contribution is 5.82. The number of alkyl halides is 3. The van der Waals surface area contributed by atoms with E-state index in [2.05, 4.69) is 4.74 Å². The van der Waals surface area contributed by atoms with Gasteiger partial charge >= 0.3 is 6.18 Å². The summed E-state index contributed by atoms with van der Waals surface area (Å²) in [5, 5.41) is 1.20. The van der Waals surface area contributed by atoms with Crippen molar-refractivity contribution in [1.29, 1.82) is 0 Å². The zero-order chi connectivity index (χ0) is 15.5. The third-order valence-corrected chi connectivity index (χ3v) is 2.93. The van der Waals surface area contributed by atoms with Gasteiger partial charge in [-0.1, -0.05) is 6.07 Å². The third kappa shape index (κ3) is 3.98. The summed E-state index contributed by atoms with van der Waals surface area (Å²) in [6, 6.07) is 6.81. The van der Waals surface area contributed by atoms with Crippen LogP contribution in [-0.4, -0.2) is 31.1 Å². The lowest BCUT2D eigenvalue weighted by molar-refractivity contribution is -0.174. The Balaban J connectivity index is 2.14. The van der Waals surface area contributed by atoms with Crippen LogP contribution in [0.1, 0.15) is 0 Å². The Hall–Kier alpha value is -2.02. The molecule has 7 heteroatoms. The molecule has 0 saturated heterocycles. The Morgan fingerprint density at radius 2 is 2.00 bits per heavy atom. The molecule has 2 rings (SSSR count). The smallest absolute Gasteiger partial charge is 0.411 e. The van der Waals surface area contributed by atoms with Crippen molar-refractivity contribution in [3.8, 4) is 5.75 Å². The fraction of sp³-hybridized carbons (Fsp3) is 0.357. The normalized spacial score (nSPS) is 11.8. The van der Waals surface area contributed by atoms with E-state index in [9.17, 15) is 18.0 Å². The number of hydrogen-bond acceptors (Lipinski definition) is 3. The number of rotatable bonds is 5. The zero-order valence-corrected chi connectivity index (χ0v) is 11.3. The van der Waals surface area contributed by atoms with Crippen molar-refractivity contribution in [3.05, 3.63) is 40.8 Å². The topological polar surface area (TPSA) is 40.5 Å². The SMILES string of the molecule is COc1ccc2ccn(CCOCC(F)(F)F)c(=O)c2c1. The molecule has 4 nitrogen and oxygen atoms in total. The van der Waals surface area contributed by atoms with Crippen LogP contribution in [0.2, 0.25) is 0 Å². The standard InChI is InChI=1S/C14H14F3NO3/c1-20-11-3-2-10-4-5-18(13(19)12(10)8-11)6-7-21-9-14(15,16)17/h2-5,8H,6-7,9H2,1H3. The summed E-state index contributed by atoms with van der Waals surface area (Å²) in [5.41, 5.74) is -0.290. The molecule has 0 saturated carbocycles. The van der Waals surface area contributed by atoms with E-state index in [-0.39, 0.29) is 18.7 Å².